The minimum atomic E-state index is -0.191. The lowest BCUT2D eigenvalue weighted by Gasteiger charge is -2.13. The highest BCUT2D eigenvalue weighted by atomic mass is 16.5. The van der Waals surface area contributed by atoms with Gasteiger partial charge in [0, 0.05) is 32.7 Å². The van der Waals surface area contributed by atoms with Gasteiger partial charge in [-0.2, -0.15) is 5.10 Å². The van der Waals surface area contributed by atoms with Crippen molar-refractivity contribution < 1.29 is 9.53 Å². The van der Waals surface area contributed by atoms with Gasteiger partial charge in [0.05, 0.1) is 12.3 Å². The molecule has 2 amide bonds. The zero-order valence-electron chi connectivity index (χ0n) is 13.5. The van der Waals surface area contributed by atoms with Gasteiger partial charge >= 0.3 is 6.03 Å². The van der Waals surface area contributed by atoms with Crippen LogP contribution in [0.15, 0.2) is 30.3 Å². The second-order valence-corrected chi connectivity index (χ2v) is 5.86. The van der Waals surface area contributed by atoms with Crippen molar-refractivity contribution in [3.05, 3.63) is 47.2 Å². The number of rotatable bonds is 5. The first-order chi connectivity index (χ1) is 11.2. The van der Waals surface area contributed by atoms with Gasteiger partial charge in [-0.3, -0.25) is 10.00 Å². The summed E-state index contributed by atoms with van der Waals surface area (Å²) >= 11 is 0. The van der Waals surface area contributed by atoms with E-state index in [1.807, 2.05) is 25.2 Å². The highest BCUT2D eigenvalue weighted by Crippen LogP contribution is 2.21. The second kappa shape index (κ2) is 6.83. The first-order valence-electron chi connectivity index (χ1n) is 7.82. The lowest BCUT2D eigenvalue weighted by molar-refractivity contribution is 0.201. The van der Waals surface area contributed by atoms with Gasteiger partial charge in [0.2, 0.25) is 0 Å². The van der Waals surface area contributed by atoms with Crippen molar-refractivity contribution in [1.29, 1.82) is 0 Å². The van der Waals surface area contributed by atoms with Crippen molar-refractivity contribution in [2.75, 3.05) is 19.0 Å². The molecular formula is C17H22N4O2. The molecule has 122 valence electrons. The first-order valence-corrected chi connectivity index (χ1v) is 7.82. The monoisotopic (exact) mass is 314 g/mol. The summed E-state index contributed by atoms with van der Waals surface area (Å²) < 4.78 is 6.72. The molecule has 0 spiro atoms. The molecule has 1 aromatic heterocycles. The van der Waals surface area contributed by atoms with E-state index in [-0.39, 0.29) is 12.1 Å². The molecule has 1 aliphatic rings. The number of hydrogen-bond acceptors (Lipinski definition) is 3. The van der Waals surface area contributed by atoms with Crippen molar-refractivity contribution in [2.45, 2.75) is 25.3 Å². The number of amides is 2. The maximum absolute atomic E-state index is 12.2. The number of nitrogens with one attached hydrogen (secondary N) is 2. The van der Waals surface area contributed by atoms with Gasteiger partial charge in [0.25, 0.3) is 0 Å². The van der Waals surface area contributed by atoms with Gasteiger partial charge in [-0.15, -0.1) is 0 Å². The lowest BCUT2D eigenvalue weighted by atomic mass is 10.1. The summed E-state index contributed by atoms with van der Waals surface area (Å²) in [5.74, 6) is 0.684. The smallest absolute Gasteiger partial charge is 0.320 e. The molecule has 0 radical (unpaired) electrons. The van der Waals surface area contributed by atoms with Crippen molar-refractivity contribution in [3.63, 3.8) is 0 Å². The number of nitrogens with zero attached hydrogens (tertiary/aromatic N) is 2. The normalized spacial score (nSPS) is 13.8. The summed E-state index contributed by atoms with van der Waals surface area (Å²) in [6.45, 7) is 0.614. The van der Waals surface area contributed by atoms with E-state index >= 15 is 0 Å². The van der Waals surface area contributed by atoms with Gasteiger partial charge in [-0.05, 0) is 24.0 Å². The molecule has 0 bridgehead atoms. The fourth-order valence-corrected chi connectivity index (χ4v) is 2.97. The van der Waals surface area contributed by atoms with Crippen LogP contribution in [0.3, 0.4) is 0 Å². The quantitative estimate of drug-likeness (QED) is 0.885. The summed E-state index contributed by atoms with van der Waals surface area (Å²) in [4.78, 5) is 12.2. The number of anilines is 1. The maximum Gasteiger partial charge on any atom is 0.320 e. The molecule has 23 heavy (non-hydrogen) atoms. The molecule has 1 heterocycles. The molecule has 0 aliphatic heterocycles. The van der Waals surface area contributed by atoms with Crippen LogP contribution in [0, 0.1) is 0 Å². The highest BCUT2D eigenvalue weighted by molar-refractivity contribution is 5.88. The number of urea groups is 1. The number of benzene rings is 1. The number of ether oxygens (including phenoxy) is 1. The van der Waals surface area contributed by atoms with Gasteiger partial charge in [0.15, 0.2) is 0 Å². The average Bonchev–Trinajstić information content (AvgIpc) is 3.08. The van der Waals surface area contributed by atoms with E-state index in [1.165, 1.54) is 11.1 Å². The lowest BCUT2D eigenvalue weighted by Crippen LogP contribution is -2.38. The molecule has 6 heteroatoms. The number of aryl methyl sites for hydroxylation is 1. The number of aromatic nitrogens is 2. The summed E-state index contributed by atoms with van der Waals surface area (Å²) in [7, 11) is 3.48. The third-order valence-electron chi connectivity index (χ3n) is 4.12. The first kappa shape index (κ1) is 15.6. The second-order valence-electron chi connectivity index (χ2n) is 5.86. The van der Waals surface area contributed by atoms with Gasteiger partial charge < -0.3 is 10.1 Å². The largest absolute Gasteiger partial charge is 0.384 e. The van der Waals surface area contributed by atoms with Crippen LogP contribution in [0.2, 0.25) is 0 Å². The Morgan fingerprint density at radius 3 is 2.70 bits per heavy atom. The Kier molecular flexibility index (Phi) is 4.62. The Morgan fingerprint density at radius 1 is 1.35 bits per heavy atom. The summed E-state index contributed by atoms with van der Waals surface area (Å²) in [5, 5.41) is 10.3. The third-order valence-corrected chi connectivity index (χ3v) is 4.12. The van der Waals surface area contributed by atoms with E-state index in [4.69, 9.17) is 4.74 Å². The minimum Gasteiger partial charge on any atom is -0.384 e. The number of fused-ring (bicyclic) bond motifs is 1. The van der Waals surface area contributed by atoms with Crippen LogP contribution >= 0.6 is 0 Å². The molecule has 1 aliphatic carbocycles. The zero-order valence-corrected chi connectivity index (χ0v) is 13.5. The van der Waals surface area contributed by atoms with E-state index in [2.05, 4.69) is 27.9 Å². The Balaban J connectivity index is 1.55. The van der Waals surface area contributed by atoms with Crippen molar-refractivity contribution in [3.8, 4) is 0 Å². The SMILES string of the molecule is COCCc1cc(NC(=O)NC2Cc3ccccc3C2)n(C)n1. The third kappa shape index (κ3) is 3.71. The van der Waals surface area contributed by atoms with E-state index in [9.17, 15) is 4.79 Å². The molecule has 3 rings (SSSR count). The number of carbonyl (C=O) groups is 1. The zero-order chi connectivity index (χ0) is 16.2. The van der Waals surface area contributed by atoms with E-state index in [0.29, 0.717) is 12.4 Å². The van der Waals surface area contributed by atoms with Gasteiger partial charge in [0.1, 0.15) is 5.82 Å². The topological polar surface area (TPSA) is 68.2 Å². The molecule has 2 N–H and O–H groups in total. The van der Waals surface area contributed by atoms with Gasteiger partial charge in [-0.25, -0.2) is 4.79 Å². The predicted octanol–water partition coefficient (Wildman–Crippen LogP) is 1.90. The van der Waals surface area contributed by atoms with E-state index < -0.39 is 0 Å². The molecule has 2 aromatic rings. The molecule has 0 saturated carbocycles. The fourth-order valence-electron chi connectivity index (χ4n) is 2.97. The van der Waals surface area contributed by atoms with E-state index in [0.717, 1.165) is 25.0 Å². The molecule has 0 fully saturated rings. The number of methoxy groups -OCH3 is 1. The Hall–Kier alpha value is -2.34. The van der Waals surface area contributed by atoms with Crippen molar-refractivity contribution in [2.24, 2.45) is 7.05 Å². The van der Waals surface area contributed by atoms with Crippen LogP contribution in [0.1, 0.15) is 16.8 Å². The van der Waals surface area contributed by atoms with Crippen LogP contribution in [0.5, 0.6) is 0 Å². The fraction of sp³-hybridized carbons (Fsp3) is 0.412. The molecular weight excluding hydrogens is 292 g/mol. The van der Waals surface area contributed by atoms with Crippen LogP contribution < -0.4 is 10.6 Å². The molecule has 6 nitrogen and oxygen atoms in total. The highest BCUT2D eigenvalue weighted by Gasteiger charge is 2.22. The Labute approximate surface area is 135 Å². The van der Waals surface area contributed by atoms with E-state index in [1.54, 1.807) is 11.8 Å². The molecule has 1 aromatic carbocycles. The van der Waals surface area contributed by atoms with Crippen LogP contribution in [-0.4, -0.2) is 35.6 Å². The number of carbonyl (C=O) groups excluding carboxylic acids is 1. The Bertz CT molecular complexity index is 671. The number of hydrogen-bond donors (Lipinski definition) is 2. The van der Waals surface area contributed by atoms with Crippen LogP contribution in [0.4, 0.5) is 10.6 Å². The molecule has 0 atom stereocenters. The van der Waals surface area contributed by atoms with Crippen molar-refractivity contribution in [1.82, 2.24) is 15.1 Å². The molecule has 0 saturated heterocycles. The summed E-state index contributed by atoms with van der Waals surface area (Å²) in [6.07, 6.45) is 2.49. The maximum atomic E-state index is 12.2. The van der Waals surface area contributed by atoms with Crippen LogP contribution in [0.25, 0.3) is 0 Å². The standard InChI is InChI=1S/C17H22N4O2/c1-21-16(11-14(20-21)7-8-23-2)19-17(22)18-15-9-12-5-3-4-6-13(12)10-15/h3-6,11,15H,7-10H2,1-2H3,(H2,18,19,22). The Morgan fingerprint density at radius 2 is 2.04 bits per heavy atom. The molecule has 0 unspecified atom stereocenters. The summed E-state index contributed by atoms with van der Waals surface area (Å²) in [5.41, 5.74) is 3.54. The van der Waals surface area contributed by atoms with Gasteiger partial charge in [-0.1, -0.05) is 24.3 Å². The van der Waals surface area contributed by atoms with Crippen molar-refractivity contribution >= 4 is 11.8 Å². The van der Waals surface area contributed by atoms with Crippen LogP contribution in [-0.2, 0) is 31.0 Å². The minimum absolute atomic E-state index is 0.147. The average molecular weight is 314 g/mol. The predicted molar refractivity (Wildman–Crippen MR) is 88.6 cm³/mol. The summed E-state index contributed by atoms with van der Waals surface area (Å²) in [6, 6.07) is 10.2.